The van der Waals surface area contributed by atoms with E-state index in [0.29, 0.717) is 5.92 Å². The molecule has 3 nitrogen and oxygen atoms in total. The zero-order valence-corrected chi connectivity index (χ0v) is 10.8. The molecule has 2 aliphatic heterocycles. The third-order valence-corrected chi connectivity index (χ3v) is 4.63. The fourth-order valence-electron chi connectivity index (χ4n) is 3.30. The van der Waals surface area contributed by atoms with Crippen molar-refractivity contribution in [1.82, 2.24) is 9.80 Å². The summed E-state index contributed by atoms with van der Waals surface area (Å²) in [6, 6.07) is 0. The van der Waals surface area contributed by atoms with Crippen LogP contribution < -0.4 is 0 Å². The van der Waals surface area contributed by atoms with Gasteiger partial charge in [0, 0.05) is 25.6 Å². The lowest BCUT2D eigenvalue weighted by atomic mass is 9.96. The summed E-state index contributed by atoms with van der Waals surface area (Å²) < 4.78 is 0. The number of likely N-dealkylation sites (tertiary alicyclic amines) is 2. The van der Waals surface area contributed by atoms with Crippen molar-refractivity contribution in [3.63, 3.8) is 0 Å². The van der Waals surface area contributed by atoms with E-state index in [1.807, 2.05) is 0 Å². The van der Waals surface area contributed by atoms with E-state index < -0.39 is 0 Å². The summed E-state index contributed by atoms with van der Waals surface area (Å²) in [5.41, 5.74) is 0. The predicted molar refractivity (Wildman–Crippen MR) is 70.4 cm³/mol. The second-order valence-electron chi connectivity index (χ2n) is 6.10. The molecule has 0 aromatic carbocycles. The highest BCUT2D eigenvalue weighted by Crippen LogP contribution is 2.32. The van der Waals surface area contributed by atoms with Crippen LogP contribution in [0.1, 0.15) is 38.5 Å². The van der Waals surface area contributed by atoms with Crippen LogP contribution in [-0.4, -0.2) is 48.4 Å². The maximum atomic E-state index is 8.11. The molecule has 0 aromatic rings. The molecular weight excluding hydrogens is 210 g/mol. The lowest BCUT2D eigenvalue weighted by Gasteiger charge is -2.35. The maximum Gasteiger partial charge on any atom is 0.0989 e. The van der Waals surface area contributed by atoms with Gasteiger partial charge in [0.05, 0.1) is 5.84 Å². The number of rotatable bonds is 3. The Morgan fingerprint density at radius 2 is 1.59 bits per heavy atom. The molecule has 1 aliphatic carbocycles. The smallest absolute Gasteiger partial charge is 0.0989 e. The third-order valence-electron chi connectivity index (χ3n) is 4.63. The van der Waals surface area contributed by atoms with Gasteiger partial charge in [0.25, 0.3) is 0 Å². The normalized spacial score (nSPS) is 27.6. The molecule has 0 atom stereocenters. The van der Waals surface area contributed by atoms with Crippen molar-refractivity contribution < 1.29 is 0 Å². The summed E-state index contributed by atoms with van der Waals surface area (Å²) in [6.45, 7) is 6.28. The first kappa shape index (κ1) is 11.5. The van der Waals surface area contributed by atoms with Gasteiger partial charge in [-0.2, -0.15) is 0 Å². The van der Waals surface area contributed by atoms with E-state index >= 15 is 0 Å². The third kappa shape index (κ3) is 2.82. The average molecular weight is 235 g/mol. The summed E-state index contributed by atoms with van der Waals surface area (Å²) in [5, 5.41) is 8.11. The van der Waals surface area contributed by atoms with E-state index in [2.05, 4.69) is 9.80 Å². The molecule has 3 fully saturated rings. The van der Waals surface area contributed by atoms with Crippen LogP contribution >= 0.6 is 0 Å². The van der Waals surface area contributed by atoms with E-state index in [1.54, 1.807) is 0 Å². The van der Waals surface area contributed by atoms with Crippen LogP contribution in [0.5, 0.6) is 0 Å². The van der Waals surface area contributed by atoms with Gasteiger partial charge in [-0.3, -0.25) is 5.41 Å². The van der Waals surface area contributed by atoms with Crippen LogP contribution in [0.4, 0.5) is 0 Å². The Hall–Kier alpha value is -0.570. The SMILES string of the molecule is N=C(C1CC1)N1CCC(CN2CCCC2)CC1. The van der Waals surface area contributed by atoms with Gasteiger partial charge in [0.15, 0.2) is 0 Å². The molecule has 0 amide bonds. The van der Waals surface area contributed by atoms with Gasteiger partial charge in [-0.1, -0.05) is 0 Å². The largest absolute Gasteiger partial charge is 0.360 e. The molecule has 3 aliphatic rings. The topological polar surface area (TPSA) is 30.3 Å². The van der Waals surface area contributed by atoms with Gasteiger partial charge in [0.1, 0.15) is 0 Å². The minimum Gasteiger partial charge on any atom is -0.360 e. The molecule has 0 spiro atoms. The van der Waals surface area contributed by atoms with E-state index in [9.17, 15) is 0 Å². The Bertz CT molecular complexity index is 271. The molecule has 0 bridgehead atoms. The highest BCUT2D eigenvalue weighted by atomic mass is 15.2. The number of hydrogen-bond acceptors (Lipinski definition) is 2. The zero-order valence-electron chi connectivity index (χ0n) is 10.8. The molecule has 96 valence electrons. The van der Waals surface area contributed by atoms with Crippen LogP contribution in [0.15, 0.2) is 0 Å². The molecule has 0 radical (unpaired) electrons. The highest BCUT2D eigenvalue weighted by Gasteiger charge is 2.32. The number of hydrogen-bond donors (Lipinski definition) is 1. The fourth-order valence-corrected chi connectivity index (χ4v) is 3.30. The van der Waals surface area contributed by atoms with Crippen molar-refractivity contribution in [2.24, 2.45) is 11.8 Å². The van der Waals surface area contributed by atoms with E-state index in [-0.39, 0.29) is 0 Å². The lowest BCUT2D eigenvalue weighted by molar-refractivity contribution is 0.198. The fraction of sp³-hybridized carbons (Fsp3) is 0.929. The number of piperidine rings is 1. The maximum absolute atomic E-state index is 8.11. The first-order valence-electron chi connectivity index (χ1n) is 7.38. The Kier molecular flexibility index (Phi) is 3.37. The molecule has 1 N–H and O–H groups in total. The van der Waals surface area contributed by atoms with Crippen LogP contribution in [0.25, 0.3) is 0 Å². The van der Waals surface area contributed by atoms with Crippen molar-refractivity contribution in [2.75, 3.05) is 32.7 Å². The van der Waals surface area contributed by atoms with Gasteiger partial charge in [-0.25, -0.2) is 0 Å². The van der Waals surface area contributed by atoms with Crippen molar-refractivity contribution in [3.05, 3.63) is 0 Å². The molecule has 0 unspecified atom stereocenters. The molecule has 17 heavy (non-hydrogen) atoms. The van der Waals surface area contributed by atoms with Gasteiger partial charge >= 0.3 is 0 Å². The van der Waals surface area contributed by atoms with E-state index in [4.69, 9.17) is 5.41 Å². The second kappa shape index (κ2) is 4.97. The summed E-state index contributed by atoms with van der Waals surface area (Å²) in [4.78, 5) is 4.99. The standard InChI is InChI=1S/C14H25N3/c15-14(13-3-4-13)17-9-5-12(6-10-17)11-16-7-1-2-8-16/h12-13,15H,1-11H2. The predicted octanol–water partition coefficient (Wildman–Crippen LogP) is 2.18. The summed E-state index contributed by atoms with van der Waals surface area (Å²) in [5.74, 6) is 2.48. The monoisotopic (exact) mass is 235 g/mol. The summed E-state index contributed by atoms with van der Waals surface area (Å²) >= 11 is 0. The van der Waals surface area contributed by atoms with Crippen LogP contribution in [0.2, 0.25) is 0 Å². The molecule has 3 heteroatoms. The van der Waals surface area contributed by atoms with Gasteiger partial charge in [-0.05, 0) is 57.5 Å². The minimum absolute atomic E-state index is 0.630. The summed E-state index contributed by atoms with van der Waals surface area (Å²) in [7, 11) is 0. The molecule has 2 saturated heterocycles. The van der Waals surface area contributed by atoms with Gasteiger partial charge < -0.3 is 9.80 Å². The Balaban J connectivity index is 1.41. The molecule has 0 aromatic heterocycles. The zero-order chi connectivity index (χ0) is 11.7. The average Bonchev–Trinajstić information content (AvgIpc) is 3.09. The quantitative estimate of drug-likeness (QED) is 0.600. The lowest BCUT2D eigenvalue weighted by Crippen LogP contribution is -2.41. The van der Waals surface area contributed by atoms with E-state index in [1.165, 1.54) is 58.2 Å². The van der Waals surface area contributed by atoms with Crippen molar-refractivity contribution in [2.45, 2.75) is 38.5 Å². The molecular formula is C14H25N3. The van der Waals surface area contributed by atoms with Crippen molar-refractivity contribution in [3.8, 4) is 0 Å². The Labute approximate surface area is 105 Å². The van der Waals surface area contributed by atoms with Crippen molar-refractivity contribution >= 4 is 5.84 Å². The second-order valence-corrected chi connectivity index (χ2v) is 6.10. The van der Waals surface area contributed by atoms with Crippen LogP contribution in [0.3, 0.4) is 0 Å². The minimum atomic E-state index is 0.630. The highest BCUT2D eigenvalue weighted by molar-refractivity contribution is 5.83. The first-order valence-corrected chi connectivity index (χ1v) is 7.38. The molecule has 2 heterocycles. The van der Waals surface area contributed by atoms with Gasteiger partial charge in [-0.15, -0.1) is 0 Å². The number of amidine groups is 1. The summed E-state index contributed by atoms with van der Waals surface area (Å²) in [6.07, 6.45) is 7.98. The molecule has 3 rings (SSSR count). The van der Waals surface area contributed by atoms with Crippen molar-refractivity contribution in [1.29, 1.82) is 5.41 Å². The first-order chi connectivity index (χ1) is 8.33. The molecule has 1 saturated carbocycles. The van der Waals surface area contributed by atoms with E-state index in [0.717, 1.165) is 24.8 Å². The number of nitrogens with zero attached hydrogens (tertiary/aromatic N) is 2. The van der Waals surface area contributed by atoms with Crippen LogP contribution in [0, 0.1) is 17.2 Å². The Morgan fingerprint density at radius 1 is 0.941 bits per heavy atom. The van der Waals surface area contributed by atoms with Gasteiger partial charge in [0.2, 0.25) is 0 Å². The number of nitrogens with one attached hydrogen (secondary N) is 1. The van der Waals surface area contributed by atoms with Crippen LogP contribution in [-0.2, 0) is 0 Å². The Morgan fingerprint density at radius 3 is 2.18 bits per heavy atom.